The van der Waals surface area contributed by atoms with Gasteiger partial charge >= 0.3 is 0 Å². The monoisotopic (exact) mass is 328 g/mol. The molecule has 1 aliphatic rings. The maximum atomic E-state index is 11.3. The van der Waals surface area contributed by atoms with Crippen LogP contribution in [0.25, 0.3) is 11.0 Å². The predicted octanol–water partition coefficient (Wildman–Crippen LogP) is 1.81. The van der Waals surface area contributed by atoms with Crippen LogP contribution in [0.4, 0.5) is 0 Å². The standard InChI is InChI=1S/C15H16N6OS/c16-12(22)7-21-14(9-5-6-9)19-20-15(21)23-8-13-17-10-3-1-2-4-11(10)18-13/h1-4,9H,5-8H2,(H2,16,22)(H,17,18). The quantitative estimate of drug-likeness (QED) is 0.672. The summed E-state index contributed by atoms with van der Waals surface area (Å²) in [5, 5.41) is 9.18. The Bertz CT molecular complexity index is 833. The van der Waals surface area contributed by atoms with Crippen molar-refractivity contribution in [2.75, 3.05) is 0 Å². The van der Waals surface area contributed by atoms with Crippen LogP contribution < -0.4 is 5.73 Å². The SMILES string of the molecule is NC(=O)Cn1c(SCc2nc3ccccc3[nH]2)nnc1C1CC1. The molecule has 4 rings (SSSR count). The number of rotatable bonds is 6. The van der Waals surface area contributed by atoms with E-state index in [1.54, 1.807) is 0 Å². The third-order valence-corrected chi connectivity index (χ3v) is 4.76. The Morgan fingerprint density at radius 2 is 2.17 bits per heavy atom. The number of benzene rings is 1. The van der Waals surface area contributed by atoms with Gasteiger partial charge in [0.25, 0.3) is 0 Å². The Hall–Kier alpha value is -2.35. The number of nitrogens with two attached hydrogens (primary N) is 1. The fourth-order valence-corrected chi connectivity index (χ4v) is 3.38. The number of H-pyrrole nitrogens is 1. The second kappa shape index (κ2) is 5.69. The van der Waals surface area contributed by atoms with Crippen LogP contribution in [0.1, 0.15) is 30.4 Å². The lowest BCUT2D eigenvalue weighted by Crippen LogP contribution is -2.20. The van der Waals surface area contributed by atoms with Crippen molar-refractivity contribution in [2.45, 2.75) is 36.2 Å². The summed E-state index contributed by atoms with van der Waals surface area (Å²) in [4.78, 5) is 19.2. The topological polar surface area (TPSA) is 102 Å². The number of carbonyl (C=O) groups excluding carboxylic acids is 1. The van der Waals surface area contributed by atoms with Crippen molar-refractivity contribution >= 4 is 28.7 Å². The molecule has 0 saturated heterocycles. The predicted molar refractivity (Wildman–Crippen MR) is 86.8 cm³/mol. The highest BCUT2D eigenvalue weighted by molar-refractivity contribution is 7.98. The molecule has 3 N–H and O–H groups in total. The maximum Gasteiger partial charge on any atom is 0.237 e. The number of nitrogens with one attached hydrogen (secondary N) is 1. The number of aromatic nitrogens is 5. The molecule has 0 aliphatic heterocycles. The Morgan fingerprint density at radius 1 is 1.35 bits per heavy atom. The van der Waals surface area contributed by atoms with Crippen LogP contribution in [-0.2, 0) is 17.1 Å². The molecule has 0 bridgehead atoms. The van der Waals surface area contributed by atoms with Gasteiger partial charge < -0.3 is 10.7 Å². The number of primary amides is 1. The van der Waals surface area contributed by atoms with Gasteiger partial charge in [-0.15, -0.1) is 10.2 Å². The van der Waals surface area contributed by atoms with E-state index in [1.165, 1.54) is 11.8 Å². The van der Waals surface area contributed by atoms with Gasteiger partial charge in [-0.3, -0.25) is 9.36 Å². The zero-order chi connectivity index (χ0) is 15.8. The molecule has 1 aliphatic carbocycles. The lowest BCUT2D eigenvalue weighted by atomic mass is 10.3. The minimum absolute atomic E-state index is 0.126. The minimum Gasteiger partial charge on any atom is -0.368 e. The van der Waals surface area contributed by atoms with Crippen LogP contribution >= 0.6 is 11.8 Å². The van der Waals surface area contributed by atoms with Crippen LogP contribution in [0.2, 0.25) is 0 Å². The van der Waals surface area contributed by atoms with Crippen molar-refractivity contribution in [3.8, 4) is 0 Å². The van der Waals surface area contributed by atoms with E-state index in [-0.39, 0.29) is 12.5 Å². The molecule has 1 amide bonds. The van der Waals surface area contributed by atoms with Gasteiger partial charge in [-0.25, -0.2) is 4.98 Å². The molecular weight excluding hydrogens is 312 g/mol. The summed E-state index contributed by atoms with van der Waals surface area (Å²) < 4.78 is 1.84. The van der Waals surface area contributed by atoms with E-state index in [1.807, 2.05) is 28.8 Å². The normalized spacial score (nSPS) is 14.4. The highest BCUT2D eigenvalue weighted by Gasteiger charge is 2.30. The molecule has 1 fully saturated rings. The largest absolute Gasteiger partial charge is 0.368 e. The van der Waals surface area contributed by atoms with Crippen molar-refractivity contribution in [2.24, 2.45) is 5.73 Å². The number of hydrogen-bond acceptors (Lipinski definition) is 5. The van der Waals surface area contributed by atoms with Gasteiger partial charge in [-0.2, -0.15) is 0 Å². The Labute approximate surface area is 136 Å². The maximum absolute atomic E-state index is 11.3. The fourth-order valence-electron chi connectivity index (χ4n) is 2.56. The average Bonchev–Trinajstić information content (AvgIpc) is 3.16. The zero-order valence-corrected chi connectivity index (χ0v) is 13.2. The molecule has 0 unspecified atom stereocenters. The molecule has 1 aromatic carbocycles. The molecular formula is C15H16N6OS. The average molecular weight is 328 g/mol. The highest BCUT2D eigenvalue weighted by Crippen LogP contribution is 2.40. The van der Waals surface area contributed by atoms with Gasteiger partial charge in [0.15, 0.2) is 5.16 Å². The number of para-hydroxylation sites is 2. The molecule has 2 heterocycles. The van der Waals surface area contributed by atoms with Crippen molar-refractivity contribution in [3.63, 3.8) is 0 Å². The summed E-state index contributed by atoms with van der Waals surface area (Å²) >= 11 is 1.51. The summed E-state index contributed by atoms with van der Waals surface area (Å²) in [7, 11) is 0. The van der Waals surface area contributed by atoms with Gasteiger partial charge in [0.05, 0.1) is 16.8 Å². The molecule has 8 heteroatoms. The van der Waals surface area contributed by atoms with Gasteiger partial charge in [-0.05, 0) is 25.0 Å². The molecule has 0 spiro atoms. The molecule has 7 nitrogen and oxygen atoms in total. The number of thioether (sulfide) groups is 1. The summed E-state index contributed by atoms with van der Waals surface area (Å²) in [6.45, 7) is 0.126. The molecule has 0 atom stereocenters. The first-order chi connectivity index (χ1) is 11.2. The van der Waals surface area contributed by atoms with E-state index in [2.05, 4.69) is 20.2 Å². The second-order valence-electron chi connectivity index (χ2n) is 5.66. The fraction of sp³-hybridized carbons (Fsp3) is 0.333. The number of hydrogen-bond donors (Lipinski definition) is 2. The number of aromatic amines is 1. The lowest BCUT2D eigenvalue weighted by Gasteiger charge is -2.06. The molecule has 3 aromatic rings. The molecule has 118 valence electrons. The van der Waals surface area contributed by atoms with Crippen LogP contribution in [0.5, 0.6) is 0 Å². The van der Waals surface area contributed by atoms with E-state index in [0.717, 1.165) is 35.5 Å². The van der Waals surface area contributed by atoms with Crippen LogP contribution in [0.15, 0.2) is 29.4 Å². The van der Waals surface area contributed by atoms with Crippen LogP contribution in [-0.4, -0.2) is 30.6 Å². The van der Waals surface area contributed by atoms with Crippen molar-refractivity contribution in [1.29, 1.82) is 0 Å². The number of carbonyl (C=O) groups is 1. The highest BCUT2D eigenvalue weighted by atomic mass is 32.2. The van der Waals surface area contributed by atoms with Crippen molar-refractivity contribution in [3.05, 3.63) is 35.9 Å². The van der Waals surface area contributed by atoms with Crippen molar-refractivity contribution < 1.29 is 4.79 Å². The molecule has 23 heavy (non-hydrogen) atoms. The number of amides is 1. The molecule has 2 aromatic heterocycles. The summed E-state index contributed by atoms with van der Waals surface area (Å²) in [5.41, 5.74) is 7.32. The molecule has 1 saturated carbocycles. The first-order valence-corrected chi connectivity index (χ1v) is 8.47. The molecule has 0 radical (unpaired) electrons. The van der Waals surface area contributed by atoms with E-state index in [9.17, 15) is 4.79 Å². The van der Waals surface area contributed by atoms with Crippen molar-refractivity contribution in [1.82, 2.24) is 24.7 Å². The third-order valence-electron chi connectivity index (χ3n) is 3.78. The summed E-state index contributed by atoms with van der Waals surface area (Å²) in [6.07, 6.45) is 2.20. The first kappa shape index (κ1) is 14.3. The van der Waals surface area contributed by atoms with E-state index >= 15 is 0 Å². The summed E-state index contributed by atoms with van der Waals surface area (Å²) in [5.74, 6) is 2.42. The Balaban J connectivity index is 1.55. The van der Waals surface area contributed by atoms with Gasteiger partial charge in [-0.1, -0.05) is 23.9 Å². The first-order valence-electron chi connectivity index (χ1n) is 7.48. The smallest absolute Gasteiger partial charge is 0.237 e. The number of nitrogens with zero attached hydrogens (tertiary/aromatic N) is 4. The second-order valence-corrected chi connectivity index (χ2v) is 6.60. The van der Waals surface area contributed by atoms with E-state index in [0.29, 0.717) is 16.8 Å². The van der Waals surface area contributed by atoms with Gasteiger partial charge in [0, 0.05) is 5.92 Å². The number of imidazole rings is 1. The zero-order valence-electron chi connectivity index (χ0n) is 12.4. The van der Waals surface area contributed by atoms with Gasteiger partial charge in [0.1, 0.15) is 18.2 Å². The van der Waals surface area contributed by atoms with E-state index in [4.69, 9.17) is 5.73 Å². The third kappa shape index (κ3) is 2.94. The Kier molecular flexibility index (Phi) is 3.53. The number of fused-ring (bicyclic) bond motifs is 1. The van der Waals surface area contributed by atoms with Crippen LogP contribution in [0.3, 0.4) is 0 Å². The lowest BCUT2D eigenvalue weighted by molar-refractivity contribution is -0.118. The van der Waals surface area contributed by atoms with Gasteiger partial charge in [0.2, 0.25) is 5.91 Å². The van der Waals surface area contributed by atoms with E-state index < -0.39 is 0 Å². The Morgan fingerprint density at radius 3 is 2.91 bits per heavy atom. The summed E-state index contributed by atoms with van der Waals surface area (Å²) in [6, 6.07) is 7.91. The minimum atomic E-state index is -0.378. The van der Waals surface area contributed by atoms with Crippen LogP contribution in [0, 0.1) is 0 Å².